The molecule has 0 spiro atoms. The van der Waals surface area contributed by atoms with Crippen molar-refractivity contribution < 1.29 is 4.79 Å². The van der Waals surface area contributed by atoms with Crippen molar-refractivity contribution in [1.29, 1.82) is 0 Å². The van der Waals surface area contributed by atoms with E-state index in [0.29, 0.717) is 29.1 Å². The summed E-state index contributed by atoms with van der Waals surface area (Å²) in [5, 5.41) is 7.43. The van der Waals surface area contributed by atoms with E-state index in [2.05, 4.69) is 20.6 Å². The van der Waals surface area contributed by atoms with Gasteiger partial charge in [0.15, 0.2) is 5.82 Å². The van der Waals surface area contributed by atoms with Crippen molar-refractivity contribution in [3.8, 4) is 22.0 Å². The van der Waals surface area contributed by atoms with Gasteiger partial charge in [0, 0.05) is 29.4 Å². The highest BCUT2D eigenvalue weighted by Gasteiger charge is 2.19. The highest BCUT2D eigenvalue weighted by atomic mass is 32.1. The van der Waals surface area contributed by atoms with Crippen molar-refractivity contribution in [3.63, 3.8) is 0 Å². The van der Waals surface area contributed by atoms with Crippen LogP contribution in [0.15, 0.2) is 79.0 Å². The number of thiazole rings is 1. The molecule has 184 valence electrons. The number of hydrogen-bond acceptors (Lipinski definition) is 7. The first-order valence-corrected chi connectivity index (χ1v) is 13.4. The van der Waals surface area contributed by atoms with Crippen LogP contribution in [0.25, 0.3) is 32.3 Å². The van der Waals surface area contributed by atoms with Crippen molar-refractivity contribution in [2.75, 3.05) is 10.6 Å². The Morgan fingerprint density at radius 1 is 0.865 bits per heavy atom. The Balaban J connectivity index is 1.33. The molecular formula is C29H26N6OS. The van der Waals surface area contributed by atoms with E-state index in [0.717, 1.165) is 39.3 Å². The fourth-order valence-electron chi connectivity index (χ4n) is 4.66. The first-order chi connectivity index (χ1) is 18.2. The van der Waals surface area contributed by atoms with E-state index in [1.807, 2.05) is 66.7 Å². The van der Waals surface area contributed by atoms with Gasteiger partial charge in [-0.05, 0) is 37.1 Å². The summed E-state index contributed by atoms with van der Waals surface area (Å²) in [5.41, 5.74) is 3.54. The number of nitrogens with one attached hydrogen (secondary N) is 2. The molecule has 0 radical (unpaired) electrons. The molecular weight excluding hydrogens is 480 g/mol. The maximum atomic E-state index is 13.5. The molecule has 6 rings (SSSR count). The van der Waals surface area contributed by atoms with Gasteiger partial charge in [-0.1, -0.05) is 73.1 Å². The minimum atomic E-state index is -0.294. The van der Waals surface area contributed by atoms with E-state index < -0.39 is 0 Å². The third kappa shape index (κ3) is 5.20. The topological polar surface area (TPSA) is 92.7 Å². The molecule has 2 aromatic carbocycles. The number of pyridine rings is 1. The molecule has 0 saturated heterocycles. The molecule has 3 heterocycles. The largest absolute Gasteiger partial charge is 0.367 e. The van der Waals surface area contributed by atoms with Crippen LogP contribution in [0.3, 0.4) is 0 Å². The van der Waals surface area contributed by atoms with E-state index in [4.69, 9.17) is 9.97 Å². The lowest BCUT2D eigenvalue weighted by atomic mass is 9.95. The molecule has 0 unspecified atom stereocenters. The summed E-state index contributed by atoms with van der Waals surface area (Å²) in [5.74, 6) is 0.909. The van der Waals surface area contributed by atoms with Crippen molar-refractivity contribution in [2.45, 2.75) is 38.1 Å². The lowest BCUT2D eigenvalue weighted by molar-refractivity contribution is 0.102. The van der Waals surface area contributed by atoms with Crippen LogP contribution < -0.4 is 10.6 Å². The summed E-state index contributed by atoms with van der Waals surface area (Å²) < 4.78 is 0. The summed E-state index contributed by atoms with van der Waals surface area (Å²) in [6.07, 6.45) is 7.66. The normalized spacial score (nSPS) is 13.9. The van der Waals surface area contributed by atoms with Crippen LogP contribution in [-0.2, 0) is 0 Å². The molecule has 2 N–H and O–H groups in total. The van der Waals surface area contributed by atoms with Crippen LogP contribution in [-0.4, -0.2) is 31.9 Å². The minimum Gasteiger partial charge on any atom is -0.367 e. The highest BCUT2D eigenvalue weighted by molar-refractivity contribution is 7.21. The monoisotopic (exact) mass is 506 g/mol. The summed E-state index contributed by atoms with van der Waals surface area (Å²) in [4.78, 5) is 32.9. The second kappa shape index (κ2) is 10.4. The smallest absolute Gasteiger partial charge is 0.274 e. The predicted molar refractivity (Wildman–Crippen MR) is 149 cm³/mol. The fourth-order valence-corrected chi connectivity index (χ4v) is 5.61. The van der Waals surface area contributed by atoms with Crippen LogP contribution in [0.5, 0.6) is 0 Å². The second-order valence-electron chi connectivity index (χ2n) is 9.15. The number of carbonyl (C=O) groups excluding carboxylic acids is 1. The number of amides is 1. The summed E-state index contributed by atoms with van der Waals surface area (Å²) in [6.45, 7) is 0. The number of rotatable bonds is 6. The molecule has 3 aromatic heterocycles. The van der Waals surface area contributed by atoms with Gasteiger partial charge < -0.3 is 10.6 Å². The van der Waals surface area contributed by atoms with Gasteiger partial charge in [0.1, 0.15) is 26.9 Å². The van der Waals surface area contributed by atoms with E-state index in [-0.39, 0.29) is 5.91 Å². The molecule has 0 aliphatic heterocycles. The van der Waals surface area contributed by atoms with Gasteiger partial charge >= 0.3 is 0 Å². The molecule has 7 nitrogen and oxygen atoms in total. The van der Waals surface area contributed by atoms with Gasteiger partial charge in [-0.15, -0.1) is 0 Å². The third-order valence-electron chi connectivity index (χ3n) is 6.52. The fraction of sp³-hybridized carbons (Fsp3) is 0.207. The van der Waals surface area contributed by atoms with Gasteiger partial charge in [-0.25, -0.2) is 19.9 Å². The summed E-state index contributed by atoms with van der Waals surface area (Å²) >= 11 is 1.50. The number of anilines is 2. The van der Waals surface area contributed by atoms with Gasteiger partial charge in [-0.3, -0.25) is 4.79 Å². The van der Waals surface area contributed by atoms with E-state index in [9.17, 15) is 4.79 Å². The van der Waals surface area contributed by atoms with Gasteiger partial charge in [0.2, 0.25) is 0 Å². The molecule has 0 atom stereocenters. The molecule has 37 heavy (non-hydrogen) atoms. The van der Waals surface area contributed by atoms with Crippen molar-refractivity contribution >= 4 is 39.1 Å². The Bertz CT molecular complexity index is 1510. The standard InChI is InChI=1S/C29H26N6OS/c36-27(33-22-15-8-7-14-21(22)28-34-23-16-9-17-30-29(23)37-28)24-18-25(31-20-12-5-2-6-13-20)35-26(32-24)19-10-3-1-4-11-19/h1,3-4,7-11,14-18,20H,2,5-6,12-13H2,(H,33,36)(H,31,32,35). The average Bonchev–Trinajstić information content (AvgIpc) is 3.38. The van der Waals surface area contributed by atoms with E-state index in [1.165, 1.54) is 30.6 Å². The number of benzene rings is 2. The Kier molecular flexibility index (Phi) is 6.56. The Morgan fingerprint density at radius 3 is 2.51 bits per heavy atom. The van der Waals surface area contributed by atoms with Crippen molar-refractivity contribution in [1.82, 2.24) is 19.9 Å². The molecule has 1 aliphatic carbocycles. The highest BCUT2D eigenvalue weighted by Crippen LogP contribution is 2.34. The van der Waals surface area contributed by atoms with E-state index in [1.54, 1.807) is 12.3 Å². The number of aromatic nitrogens is 4. The summed E-state index contributed by atoms with van der Waals surface area (Å²) in [7, 11) is 0. The molecule has 1 amide bonds. The van der Waals surface area contributed by atoms with Crippen LogP contribution in [0.2, 0.25) is 0 Å². The van der Waals surface area contributed by atoms with Crippen LogP contribution in [0, 0.1) is 0 Å². The molecule has 1 aliphatic rings. The predicted octanol–water partition coefficient (Wildman–Crippen LogP) is 6.81. The van der Waals surface area contributed by atoms with Crippen molar-refractivity contribution in [3.05, 3.63) is 84.7 Å². The number of fused-ring (bicyclic) bond motifs is 1. The van der Waals surface area contributed by atoms with Crippen LogP contribution in [0.4, 0.5) is 11.5 Å². The first kappa shape index (κ1) is 23.2. The molecule has 1 fully saturated rings. The van der Waals surface area contributed by atoms with Gasteiger partial charge in [0.25, 0.3) is 5.91 Å². The average molecular weight is 507 g/mol. The zero-order valence-corrected chi connectivity index (χ0v) is 21.0. The molecule has 5 aromatic rings. The Hall–Kier alpha value is -4.17. The number of para-hydroxylation sites is 1. The van der Waals surface area contributed by atoms with Gasteiger partial charge in [0.05, 0.1) is 5.69 Å². The minimum absolute atomic E-state index is 0.294. The van der Waals surface area contributed by atoms with Crippen LogP contribution >= 0.6 is 11.3 Å². The number of nitrogens with zero attached hydrogens (tertiary/aromatic N) is 4. The number of carbonyl (C=O) groups is 1. The van der Waals surface area contributed by atoms with Gasteiger partial charge in [-0.2, -0.15) is 0 Å². The van der Waals surface area contributed by atoms with Crippen LogP contribution in [0.1, 0.15) is 42.6 Å². The Morgan fingerprint density at radius 2 is 1.68 bits per heavy atom. The zero-order chi connectivity index (χ0) is 25.0. The zero-order valence-electron chi connectivity index (χ0n) is 20.2. The van der Waals surface area contributed by atoms with Crippen molar-refractivity contribution in [2.24, 2.45) is 0 Å². The lowest BCUT2D eigenvalue weighted by Gasteiger charge is -2.23. The SMILES string of the molecule is O=C(Nc1ccccc1-c1nc2cccnc2s1)c1cc(NC2CCCCC2)nc(-c2ccccc2)n1. The Labute approximate surface area is 219 Å². The molecule has 8 heteroatoms. The van der Waals surface area contributed by atoms with E-state index >= 15 is 0 Å². The maximum Gasteiger partial charge on any atom is 0.274 e. The molecule has 0 bridgehead atoms. The molecule has 1 saturated carbocycles. The number of hydrogen-bond donors (Lipinski definition) is 2. The summed E-state index contributed by atoms with van der Waals surface area (Å²) in [6, 6.07) is 23.4. The maximum absolute atomic E-state index is 13.5. The lowest BCUT2D eigenvalue weighted by Crippen LogP contribution is -2.24. The first-order valence-electron chi connectivity index (χ1n) is 12.6. The second-order valence-corrected chi connectivity index (χ2v) is 10.1. The quantitative estimate of drug-likeness (QED) is 0.263. The third-order valence-corrected chi connectivity index (χ3v) is 7.53.